The molecule has 6 heteroatoms. The van der Waals surface area contributed by atoms with Crippen molar-refractivity contribution in [1.29, 1.82) is 0 Å². The predicted octanol–water partition coefficient (Wildman–Crippen LogP) is 2.46. The fraction of sp³-hybridized carbons (Fsp3) is 0.500. The summed E-state index contributed by atoms with van der Waals surface area (Å²) < 4.78 is 15.3. The van der Waals surface area contributed by atoms with E-state index in [2.05, 4.69) is 10.2 Å². The molecule has 0 radical (unpaired) electrons. The second kappa shape index (κ2) is 6.00. The van der Waals surface area contributed by atoms with Crippen LogP contribution in [-0.2, 0) is 11.8 Å². The first-order chi connectivity index (χ1) is 11.6. The van der Waals surface area contributed by atoms with Crippen molar-refractivity contribution in [3.63, 3.8) is 0 Å². The first-order valence-corrected chi connectivity index (χ1v) is 8.51. The topological polar surface area (TPSA) is 51.0 Å². The molecular weight excluding hydrogens is 307 g/mol. The van der Waals surface area contributed by atoms with E-state index in [0.29, 0.717) is 5.92 Å². The number of nitrogens with zero attached hydrogens (tertiary/aromatic N) is 4. The van der Waals surface area contributed by atoms with Crippen molar-refractivity contribution >= 4 is 5.91 Å². The summed E-state index contributed by atoms with van der Waals surface area (Å²) in [7, 11) is 1.96. The number of carbonyl (C=O) groups is 1. The fourth-order valence-electron chi connectivity index (χ4n) is 3.83. The molecule has 1 aliphatic carbocycles. The summed E-state index contributed by atoms with van der Waals surface area (Å²) in [6, 6.07) is 6.64. The third-order valence-electron chi connectivity index (χ3n) is 5.30. The van der Waals surface area contributed by atoms with Crippen LogP contribution in [0, 0.1) is 11.7 Å². The molecule has 1 saturated carbocycles. The van der Waals surface area contributed by atoms with Crippen LogP contribution in [0.25, 0.3) is 0 Å². The highest BCUT2D eigenvalue weighted by molar-refractivity contribution is 5.83. The Hall–Kier alpha value is -2.24. The Balaban J connectivity index is 1.35. The van der Waals surface area contributed by atoms with Gasteiger partial charge in [0.25, 0.3) is 0 Å². The van der Waals surface area contributed by atoms with Crippen molar-refractivity contribution < 1.29 is 9.18 Å². The highest BCUT2D eigenvalue weighted by atomic mass is 19.1. The van der Waals surface area contributed by atoms with Crippen molar-refractivity contribution in [1.82, 2.24) is 19.7 Å². The number of amides is 1. The molecule has 126 valence electrons. The molecule has 4 rings (SSSR count). The highest BCUT2D eigenvalue weighted by Crippen LogP contribution is 2.49. The van der Waals surface area contributed by atoms with Crippen molar-refractivity contribution in [2.24, 2.45) is 13.0 Å². The van der Waals surface area contributed by atoms with E-state index in [-0.39, 0.29) is 23.6 Å². The summed E-state index contributed by atoms with van der Waals surface area (Å²) in [5.41, 5.74) is 0.947. The molecule has 0 unspecified atom stereocenters. The highest BCUT2D eigenvalue weighted by Gasteiger charge is 2.46. The van der Waals surface area contributed by atoms with Crippen LogP contribution in [0.5, 0.6) is 0 Å². The Morgan fingerprint density at radius 2 is 2.08 bits per heavy atom. The molecule has 2 heterocycles. The minimum absolute atomic E-state index is 0.0261. The van der Waals surface area contributed by atoms with Gasteiger partial charge in [0.05, 0.1) is 0 Å². The average molecular weight is 328 g/mol. The van der Waals surface area contributed by atoms with Gasteiger partial charge in [0, 0.05) is 32.0 Å². The first kappa shape index (κ1) is 15.3. The standard InChI is InChI=1S/C18H21FN4O/c1-22-11-20-21-17(22)12-5-7-23(8-6-12)18(24)16-10-15(16)13-3-2-4-14(19)9-13/h2-4,9,11-12,15-16H,5-8,10H2,1H3/t15-,16-/m1/s1. The predicted molar refractivity (Wildman–Crippen MR) is 86.8 cm³/mol. The van der Waals surface area contributed by atoms with Crippen LogP contribution in [0.4, 0.5) is 4.39 Å². The zero-order valence-electron chi connectivity index (χ0n) is 13.7. The lowest BCUT2D eigenvalue weighted by Gasteiger charge is -2.31. The second-order valence-corrected chi connectivity index (χ2v) is 6.90. The molecule has 1 aliphatic heterocycles. The van der Waals surface area contributed by atoms with E-state index in [4.69, 9.17) is 0 Å². The van der Waals surface area contributed by atoms with E-state index in [1.807, 2.05) is 22.6 Å². The fourth-order valence-corrected chi connectivity index (χ4v) is 3.83. The lowest BCUT2D eigenvalue weighted by atomic mass is 9.95. The summed E-state index contributed by atoms with van der Waals surface area (Å²) in [4.78, 5) is 14.7. The number of rotatable bonds is 3. The maximum atomic E-state index is 13.3. The van der Waals surface area contributed by atoms with E-state index < -0.39 is 0 Å². The van der Waals surface area contributed by atoms with Gasteiger partial charge in [0.2, 0.25) is 5.91 Å². The maximum absolute atomic E-state index is 13.3. The van der Waals surface area contributed by atoms with Gasteiger partial charge in [-0.3, -0.25) is 4.79 Å². The smallest absolute Gasteiger partial charge is 0.226 e. The summed E-state index contributed by atoms with van der Waals surface area (Å²) in [5, 5.41) is 8.13. The molecule has 2 fully saturated rings. The van der Waals surface area contributed by atoms with Crippen LogP contribution >= 0.6 is 0 Å². The van der Waals surface area contributed by atoms with E-state index in [9.17, 15) is 9.18 Å². The zero-order valence-corrected chi connectivity index (χ0v) is 13.7. The molecule has 1 aromatic carbocycles. The number of piperidine rings is 1. The van der Waals surface area contributed by atoms with Crippen molar-refractivity contribution in [2.75, 3.05) is 13.1 Å². The average Bonchev–Trinajstić information content (AvgIpc) is 3.29. The Morgan fingerprint density at radius 3 is 2.75 bits per heavy atom. The largest absolute Gasteiger partial charge is 0.342 e. The molecule has 2 atom stereocenters. The summed E-state index contributed by atoms with van der Waals surface area (Å²) >= 11 is 0. The third-order valence-corrected chi connectivity index (χ3v) is 5.30. The number of aromatic nitrogens is 3. The van der Waals surface area contributed by atoms with Crippen molar-refractivity contribution in [3.05, 3.63) is 47.8 Å². The number of benzene rings is 1. The van der Waals surface area contributed by atoms with E-state index >= 15 is 0 Å². The van der Waals surface area contributed by atoms with E-state index in [0.717, 1.165) is 43.7 Å². The molecule has 0 N–H and O–H groups in total. The second-order valence-electron chi connectivity index (χ2n) is 6.90. The minimum Gasteiger partial charge on any atom is -0.342 e. The molecular formula is C18H21FN4O. The maximum Gasteiger partial charge on any atom is 0.226 e. The van der Waals surface area contributed by atoms with Crippen LogP contribution < -0.4 is 0 Å². The molecule has 0 bridgehead atoms. The van der Waals surface area contributed by atoms with Gasteiger partial charge in [0.1, 0.15) is 18.0 Å². The zero-order chi connectivity index (χ0) is 16.7. The summed E-state index contributed by atoms with van der Waals surface area (Å²) in [6.07, 6.45) is 4.41. The van der Waals surface area contributed by atoms with Crippen LogP contribution in [0.15, 0.2) is 30.6 Å². The van der Waals surface area contributed by atoms with Crippen LogP contribution in [-0.4, -0.2) is 38.7 Å². The number of carbonyl (C=O) groups excluding carboxylic acids is 1. The lowest BCUT2D eigenvalue weighted by Crippen LogP contribution is -2.39. The number of likely N-dealkylation sites (tertiary alicyclic amines) is 1. The summed E-state index contributed by atoms with van der Waals surface area (Å²) in [6.45, 7) is 1.53. The van der Waals surface area contributed by atoms with Gasteiger partial charge in [-0.15, -0.1) is 10.2 Å². The molecule has 5 nitrogen and oxygen atoms in total. The third kappa shape index (κ3) is 2.81. The van der Waals surface area contributed by atoms with Gasteiger partial charge in [-0.05, 0) is 42.9 Å². The monoisotopic (exact) mass is 328 g/mol. The Bertz CT molecular complexity index is 751. The van der Waals surface area contributed by atoms with Crippen LogP contribution in [0.2, 0.25) is 0 Å². The molecule has 1 saturated heterocycles. The molecule has 2 aromatic rings. The minimum atomic E-state index is -0.227. The van der Waals surface area contributed by atoms with Gasteiger partial charge < -0.3 is 9.47 Å². The van der Waals surface area contributed by atoms with E-state index in [1.165, 1.54) is 6.07 Å². The normalized spacial score (nSPS) is 24.2. The number of hydrogen-bond acceptors (Lipinski definition) is 3. The Morgan fingerprint density at radius 1 is 1.29 bits per heavy atom. The molecule has 1 amide bonds. The molecule has 2 aliphatic rings. The number of halogens is 1. The van der Waals surface area contributed by atoms with Crippen molar-refractivity contribution in [3.8, 4) is 0 Å². The first-order valence-electron chi connectivity index (χ1n) is 8.51. The molecule has 24 heavy (non-hydrogen) atoms. The lowest BCUT2D eigenvalue weighted by molar-refractivity contribution is -0.133. The van der Waals surface area contributed by atoms with Gasteiger partial charge in [-0.25, -0.2) is 4.39 Å². The Kier molecular flexibility index (Phi) is 3.82. The van der Waals surface area contributed by atoms with Gasteiger partial charge in [-0.2, -0.15) is 0 Å². The summed E-state index contributed by atoms with van der Waals surface area (Å²) in [5.74, 6) is 1.59. The molecule has 0 spiro atoms. The Labute approximate surface area is 140 Å². The number of hydrogen-bond donors (Lipinski definition) is 0. The van der Waals surface area contributed by atoms with Gasteiger partial charge in [-0.1, -0.05) is 12.1 Å². The quantitative estimate of drug-likeness (QED) is 0.870. The van der Waals surface area contributed by atoms with Gasteiger partial charge in [0.15, 0.2) is 0 Å². The number of aryl methyl sites for hydroxylation is 1. The van der Waals surface area contributed by atoms with Crippen LogP contribution in [0.3, 0.4) is 0 Å². The van der Waals surface area contributed by atoms with Crippen LogP contribution in [0.1, 0.15) is 42.5 Å². The SMILES string of the molecule is Cn1cnnc1C1CCN(C(=O)[C@@H]2C[C@@H]2c2cccc(F)c2)CC1. The van der Waals surface area contributed by atoms with E-state index in [1.54, 1.807) is 18.5 Å². The molecule has 1 aromatic heterocycles. The van der Waals surface area contributed by atoms with Gasteiger partial charge >= 0.3 is 0 Å². The van der Waals surface area contributed by atoms with Crippen molar-refractivity contribution in [2.45, 2.75) is 31.1 Å².